The second-order valence-electron chi connectivity index (χ2n) is 14.9. The minimum atomic E-state index is -0.269. The quantitative estimate of drug-likeness (QED) is 0.159. The van der Waals surface area contributed by atoms with Crippen molar-refractivity contribution in [3.05, 3.63) is 212 Å². The second kappa shape index (κ2) is 14.3. The van der Waals surface area contributed by atoms with E-state index in [-0.39, 0.29) is 5.82 Å². The van der Waals surface area contributed by atoms with E-state index >= 15 is 0 Å². The average molecular weight is 756 g/mol. The molecule has 0 radical (unpaired) electrons. The molecule has 276 valence electrons. The van der Waals surface area contributed by atoms with E-state index in [0.29, 0.717) is 5.82 Å². The lowest BCUT2D eigenvalue weighted by Gasteiger charge is -2.17. The number of halogens is 1. The number of benzene rings is 9. The molecule has 2 aromatic heterocycles. The van der Waals surface area contributed by atoms with Gasteiger partial charge in [-0.05, 0) is 86.3 Å². The van der Waals surface area contributed by atoms with Gasteiger partial charge in [-0.25, -0.2) is 19.3 Å². The minimum absolute atomic E-state index is 0.269. The third kappa shape index (κ3) is 6.19. The van der Waals surface area contributed by atoms with Gasteiger partial charge in [0.25, 0.3) is 0 Å². The summed E-state index contributed by atoms with van der Waals surface area (Å²) >= 11 is 0. The molecule has 0 fully saturated rings. The Kier molecular flexibility index (Phi) is 8.34. The number of rotatable bonds is 6. The molecule has 0 saturated heterocycles. The van der Waals surface area contributed by atoms with Crippen molar-refractivity contribution in [1.82, 2.24) is 15.0 Å². The molecule has 3 nitrogen and oxygen atoms in total. The van der Waals surface area contributed by atoms with Gasteiger partial charge in [0.15, 0.2) is 5.82 Å². The topological polar surface area (TPSA) is 38.7 Å². The van der Waals surface area contributed by atoms with E-state index in [1.54, 1.807) is 0 Å². The first kappa shape index (κ1) is 34.4. The van der Waals surface area contributed by atoms with Crippen LogP contribution in [0.2, 0.25) is 0 Å². The minimum Gasteiger partial charge on any atom is -0.247 e. The van der Waals surface area contributed by atoms with Crippen molar-refractivity contribution in [2.24, 2.45) is 0 Å². The van der Waals surface area contributed by atoms with E-state index in [2.05, 4.69) is 146 Å². The highest BCUT2D eigenvalue weighted by molar-refractivity contribution is 6.33. The van der Waals surface area contributed by atoms with Crippen molar-refractivity contribution in [3.8, 4) is 67.4 Å². The Labute approximate surface area is 340 Å². The molecule has 0 unspecified atom stereocenters. The van der Waals surface area contributed by atoms with Gasteiger partial charge in [0.1, 0.15) is 5.82 Å². The highest BCUT2D eigenvalue weighted by Crippen LogP contribution is 2.43. The summed E-state index contributed by atoms with van der Waals surface area (Å²) in [5.74, 6) is 0.412. The van der Waals surface area contributed by atoms with Crippen LogP contribution in [0.15, 0.2) is 206 Å². The summed E-state index contributed by atoms with van der Waals surface area (Å²) in [5, 5.41) is 7.98. The summed E-state index contributed by atoms with van der Waals surface area (Å²) in [6.07, 6.45) is 0. The van der Waals surface area contributed by atoms with Crippen LogP contribution in [0.3, 0.4) is 0 Å². The van der Waals surface area contributed by atoms with Gasteiger partial charge >= 0.3 is 0 Å². The van der Waals surface area contributed by atoms with Gasteiger partial charge in [0.2, 0.25) is 0 Å². The smallest absolute Gasteiger partial charge is 0.160 e. The third-order valence-corrected chi connectivity index (χ3v) is 11.3. The summed E-state index contributed by atoms with van der Waals surface area (Å²) < 4.78 is 14.2. The van der Waals surface area contributed by atoms with Crippen molar-refractivity contribution in [2.45, 2.75) is 0 Å². The van der Waals surface area contributed by atoms with Gasteiger partial charge in [0.05, 0.1) is 22.6 Å². The summed E-state index contributed by atoms with van der Waals surface area (Å²) in [6, 6.07) is 70.1. The molecule has 0 spiro atoms. The largest absolute Gasteiger partial charge is 0.247 e. The Morgan fingerprint density at radius 1 is 0.288 bits per heavy atom. The highest BCUT2D eigenvalue weighted by atomic mass is 19.1. The van der Waals surface area contributed by atoms with Gasteiger partial charge in [-0.1, -0.05) is 164 Å². The third-order valence-electron chi connectivity index (χ3n) is 11.3. The van der Waals surface area contributed by atoms with E-state index in [1.807, 2.05) is 48.5 Å². The number of pyridine rings is 1. The fourth-order valence-corrected chi connectivity index (χ4v) is 8.46. The monoisotopic (exact) mass is 755 g/mol. The first-order valence-electron chi connectivity index (χ1n) is 19.8. The molecule has 59 heavy (non-hydrogen) atoms. The van der Waals surface area contributed by atoms with Crippen molar-refractivity contribution in [3.63, 3.8) is 0 Å². The zero-order valence-corrected chi connectivity index (χ0v) is 31.8. The van der Waals surface area contributed by atoms with Crippen molar-refractivity contribution in [1.29, 1.82) is 0 Å². The molecule has 2 heterocycles. The van der Waals surface area contributed by atoms with E-state index in [4.69, 9.17) is 15.0 Å². The molecule has 0 N–H and O–H groups in total. The second-order valence-corrected chi connectivity index (χ2v) is 14.9. The number of hydrogen-bond donors (Lipinski definition) is 0. The van der Waals surface area contributed by atoms with Crippen LogP contribution in [0.5, 0.6) is 0 Å². The molecule has 0 aliphatic carbocycles. The summed E-state index contributed by atoms with van der Waals surface area (Å²) in [5.41, 5.74) is 11.8. The zero-order chi connectivity index (χ0) is 39.3. The fraction of sp³-hybridized carbons (Fsp3) is 0. The fourth-order valence-electron chi connectivity index (χ4n) is 8.46. The first-order chi connectivity index (χ1) is 29.1. The molecular weight excluding hydrogens is 722 g/mol. The molecule has 0 aliphatic heterocycles. The summed E-state index contributed by atoms with van der Waals surface area (Å²) in [6.45, 7) is 0. The lowest BCUT2D eigenvalue weighted by molar-refractivity contribution is 0.628. The standard InChI is InChI=1S/C55H34FN3/c56-43-29-26-39(27-30-43)54-53-47-21-10-8-19-45(47)44-18-7-9-20-46(44)52(53)48-31-28-41(33-51(48)57-54)36-24-22-35(23-25-36)40-16-11-17-42(32-40)55-58-49(37-12-3-1-4-13-37)34-50(59-55)38-14-5-2-6-15-38/h1-34H. The number of nitrogens with zero attached hydrogens (tertiary/aromatic N) is 3. The van der Waals surface area contributed by atoms with E-state index in [1.165, 1.54) is 28.3 Å². The molecule has 0 aliphatic rings. The Morgan fingerprint density at radius 3 is 1.37 bits per heavy atom. The molecule has 11 aromatic rings. The van der Waals surface area contributed by atoms with Gasteiger partial charge in [0, 0.05) is 38.4 Å². The van der Waals surface area contributed by atoms with Crippen molar-refractivity contribution < 1.29 is 4.39 Å². The first-order valence-corrected chi connectivity index (χ1v) is 19.8. The van der Waals surface area contributed by atoms with Crippen LogP contribution < -0.4 is 0 Å². The molecule has 4 heteroatoms. The van der Waals surface area contributed by atoms with Crippen LogP contribution in [0, 0.1) is 5.82 Å². The summed E-state index contributed by atoms with van der Waals surface area (Å²) in [4.78, 5) is 15.5. The Bertz CT molecular complexity index is 3300. The molecule has 9 aromatic carbocycles. The number of hydrogen-bond acceptors (Lipinski definition) is 3. The Balaban J connectivity index is 1.00. The molecule has 0 saturated carbocycles. The predicted molar refractivity (Wildman–Crippen MR) is 242 cm³/mol. The normalized spacial score (nSPS) is 11.5. The van der Waals surface area contributed by atoms with Crippen LogP contribution in [0.4, 0.5) is 4.39 Å². The van der Waals surface area contributed by atoms with Gasteiger partial charge < -0.3 is 0 Å². The van der Waals surface area contributed by atoms with Crippen molar-refractivity contribution >= 4 is 43.2 Å². The predicted octanol–water partition coefficient (Wildman–Crippen LogP) is 14.6. The molecule has 0 amide bonds. The lowest BCUT2D eigenvalue weighted by atomic mass is 9.89. The maximum Gasteiger partial charge on any atom is 0.160 e. The molecular formula is C55H34FN3. The van der Waals surface area contributed by atoms with Gasteiger partial charge in [-0.15, -0.1) is 0 Å². The van der Waals surface area contributed by atoms with Gasteiger partial charge in [-0.3, -0.25) is 0 Å². The highest BCUT2D eigenvalue weighted by Gasteiger charge is 2.18. The average Bonchev–Trinajstić information content (AvgIpc) is 3.32. The zero-order valence-electron chi connectivity index (χ0n) is 31.8. The Morgan fingerprint density at radius 2 is 0.763 bits per heavy atom. The van der Waals surface area contributed by atoms with E-state index in [9.17, 15) is 4.39 Å². The van der Waals surface area contributed by atoms with E-state index < -0.39 is 0 Å². The van der Waals surface area contributed by atoms with Crippen LogP contribution in [0.25, 0.3) is 111 Å². The SMILES string of the molecule is Fc1ccc(-c2nc3cc(-c4ccc(-c5cccc(-c6nc(-c7ccccc7)cc(-c7ccccc7)n6)c5)cc4)ccc3c3c4ccccc4c4ccccc4c23)cc1. The maximum atomic E-state index is 14.2. The number of aromatic nitrogens is 3. The molecule has 11 rings (SSSR count). The van der Waals surface area contributed by atoms with Crippen LogP contribution in [-0.2, 0) is 0 Å². The Hall–Kier alpha value is -7.82. The molecule has 0 bridgehead atoms. The lowest BCUT2D eigenvalue weighted by Crippen LogP contribution is -1.96. The van der Waals surface area contributed by atoms with Crippen LogP contribution in [0.1, 0.15) is 0 Å². The van der Waals surface area contributed by atoms with Gasteiger partial charge in [-0.2, -0.15) is 0 Å². The van der Waals surface area contributed by atoms with Crippen LogP contribution >= 0.6 is 0 Å². The van der Waals surface area contributed by atoms with Crippen LogP contribution in [-0.4, -0.2) is 15.0 Å². The maximum absolute atomic E-state index is 14.2. The summed E-state index contributed by atoms with van der Waals surface area (Å²) in [7, 11) is 0. The number of fused-ring (bicyclic) bond motifs is 8. The molecule has 0 atom stereocenters. The van der Waals surface area contributed by atoms with E-state index in [0.717, 1.165) is 88.7 Å². The van der Waals surface area contributed by atoms with Crippen molar-refractivity contribution in [2.75, 3.05) is 0 Å².